The van der Waals surface area contributed by atoms with Gasteiger partial charge in [-0.2, -0.15) is 0 Å². The lowest BCUT2D eigenvalue weighted by Gasteiger charge is -2.02. The lowest BCUT2D eigenvalue weighted by molar-refractivity contribution is -0.134. The Labute approximate surface area is 141 Å². The number of hydrogen-bond donors (Lipinski definition) is 3. The highest BCUT2D eigenvalue weighted by Gasteiger charge is 2.14. The third-order valence-electron chi connectivity index (χ3n) is 2.86. The van der Waals surface area contributed by atoms with Crippen LogP contribution in [-0.2, 0) is 16.1 Å². The van der Waals surface area contributed by atoms with Crippen LogP contribution in [0.2, 0.25) is 5.02 Å². The van der Waals surface area contributed by atoms with Gasteiger partial charge in [0.25, 0.3) is 0 Å². The van der Waals surface area contributed by atoms with Gasteiger partial charge in [0.2, 0.25) is 0 Å². The van der Waals surface area contributed by atoms with Gasteiger partial charge in [0.15, 0.2) is 0 Å². The molecule has 0 unspecified atom stereocenters. The molecule has 2 rings (SSSR count). The molecule has 0 fully saturated rings. The summed E-state index contributed by atoms with van der Waals surface area (Å²) in [5, 5.41) is 16.3. The lowest BCUT2D eigenvalue weighted by atomic mass is 10.2. The number of carbonyl (C=O) groups is 2. The summed E-state index contributed by atoms with van der Waals surface area (Å²) >= 11 is 5.92. The van der Waals surface area contributed by atoms with Crippen LogP contribution < -0.4 is 10.5 Å². The van der Waals surface area contributed by atoms with Crippen LogP contribution in [0.4, 0.5) is 4.39 Å². The molecule has 1 heterocycles. The fraction of sp³-hybridized carbons (Fsp3) is 0.200. The third kappa shape index (κ3) is 4.97. The van der Waals surface area contributed by atoms with Crippen molar-refractivity contribution in [3.05, 3.63) is 41.3 Å². The zero-order valence-corrected chi connectivity index (χ0v) is 13.5. The maximum Gasteiger partial charge on any atom is 0.328 e. The Balaban J connectivity index is 0.000000307. The number of carboxylic acid groups (broad SMARTS) is 2. The number of benzene rings is 1. The number of halogens is 2. The van der Waals surface area contributed by atoms with Gasteiger partial charge in [0.05, 0.1) is 23.0 Å². The Bertz CT molecular complexity index is 757. The quantitative estimate of drug-likeness (QED) is 0.705. The number of rotatable bonds is 5. The van der Waals surface area contributed by atoms with Gasteiger partial charge < -0.3 is 25.3 Å². The van der Waals surface area contributed by atoms with Crippen molar-refractivity contribution in [3.63, 3.8) is 0 Å². The molecule has 9 heteroatoms. The lowest BCUT2D eigenvalue weighted by Crippen LogP contribution is -2.08. The van der Waals surface area contributed by atoms with E-state index in [4.69, 9.17) is 32.3 Å². The number of aliphatic carboxylic acids is 2. The number of aromatic nitrogens is 1. The number of nitrogens with two attached hydrogens (primary N) is 1. The molecule has 0 atom stereocenters. The summed E-state index contributed by atoms with van der Waals surface area (Å²) in [6, 6.07) is 3.02. The molecule has 0 spiro atoms. The molecule has 130 valence electrons. The van der Waals surface area contributed by atoms with Crippen LogP contribution in [-0.4, -0.2) is 40.4 Å². The number of methoxy groups -OCH3 is 1. The first kappa shape index (κ1) is 19.5. The van der Waals surface area contributed by atoms with E-state index in [1.165, 1.54) is 13.2 Å². The van der Waals surface area contributed by atoms with E-state index in [0.29, 0.717) is 36.4 Å². The van der Waals surface area contributed by atoms with Crippen molar-refractivity contribution in [1.82, 2.24) is 4.57 Å². The van der Waals surface area contributed by atoms with E-state index in [-0.39, 0.29) is 5.02 Å². The zero-order chi connectivity index (χ0) is 18.3. The molecule has 1 aromatic carbocycles. The van der Waals surface area contributed by atoms with E-state index >= 15 is 0 Å². The highest BCUT2D eigenvalue weighted by atomic mass is 35.5. The van der Waals surface area contributed by atoms with E-state index in [2.05, 4.69) is 0 Å². The Morgan fingerprint density at radius 3 is 2.38 bits per heavy atom. The van der Waals surface area contributed by atoms with Gasteiger partial charge in [0, 0.05) is 31.4 Å². The highest BCUT2D eigenvalue weighted by molar-refractivity contribution is 6.36. The summed E-state index contributed by atoms with van der Waals surface area (Å²) in [4.78, 5) is 19.1. The summed E-state index contributed by atoms with van der Waals surface area (Å²) in [5.41, 5.74) is 6.33. The van der Waals surface area contributed by atoms with E-state index in [0.717, 1.165) is 5.52 Å². The molecule has 0 saturated heterocycles. The average Bonchev–Trinajstić information content (AvgIpc) is 2.88. The molecule has 2 aromatic rings. The molecule has 0 saturated carbocycles. The van der Waals surface area contributed by atoms with Crippen molar-refractivity contribution in [2.24, 2.45) is 5.73 Å². The molecule has 1 aromatic heterocycles. The molecule has 0 aliphatic rings. The van der Waals surface area contributed by atoms with Crippen LogP contribution in [0.25, 0.3) is 10.9 Å². The van der Waals surface area contributed by atoms with Crippen LogP contribution in [0.3, 0.4) is 0 Å². The van der Waals surface area contributed by atoms with E-state index in [1.807, 2.05) is 4.57 Å². The van der Waals surface area contributed by atoms with E-state index in [9.17, 15) is 14.0 Å². The molecule has 24 heavy (non-hydrogen) atoms. The molecular weight excluding hydrogens is 343 g/mol. The minimum absolute atomic E-state index is 0.0881. The second kappa shape index (κ2) is 8.90. The largest absolute Gasteiger partial charge is 0.494 e. The van der Waals surface area contributed by atoms with Gasteiger partial charge >= 0.3 is 11.9 Å². The zero-order valence-electron chi connectivity index (χ0n) is 12.7. The van der Waals surface area contributed by atoms with Crippen LogP contribution >= 0.6 is 11.6 Å². The molecule has 7 nitrogen and oxygen atoms in total. The first-order valence-electron chi connectivity index (χ1n) is 6.66. The summed E-state index contributed by atoms with van der Waals surface area (Å²) in [5.74, 6) is -2.40. The highest BCUT2D eigenvalue weighted by Crippen LogP contribution is 2.35. The molecular formula is C15H16ClFN2O5. The van der Waals surface area contributed by atoms with E-state index < -0.39 is 17.8 Å². The topological polar surface area (TPSA) is 115 Å². The van der Waals surface area contributed by atoms with Crippen LogP contribution in [0.5, 0.6) is 5.75 Å². The molecule has 0 aliphatic heterocycles. The maximum atomic E-state index is 13.3. The minimum Gasteiger partial charge on any atom is -0.494 e. The van der Waals surface area contributed by atoms with Gasteiger partial charge in [-0.15, -0.1) is 0 Å². The summed E-state index contributed by atoms with van der Waals surface area (Å²) < 4.78 is 20.4. The molecule has 0 bridgehead atoms. The van der Waals surface area contributed by atoms with Crippen molar-refractivity contribution in [1.29, 1.82) is 0 Å². The average molecular weight is 359 g/mol. The van der Waals surface area contributed by atoms with Crippen LogP contribution in [0.1, 0.15) is 0 Å². The van der Waals surface area contributed by atoms with Crippen molar-refractivity contribution in [2.75, 3.05) is 13.7 Å². The minimum atomic E-state index is -1.26. The summed E-state index contributed by atoms with van der Waals surface area (Å²) in [7, 11) is 1.53. The normalized spacial score (nSPS) is 10.5. The summed E-state index contributed by atoms with van der Waals surface area (Å²) in [6.07, 6.45) is 2.90. The number of carboxylic acids is 2. The van der Waals surface area contributed by atoms with Gasteiger partial charge in [-0.3, -0.25) is 0 Å². The molecule has 0 radical (unpaired) electrons. The number of fused-ring (bicyclic) bond motifs is 1. The predicted octanol–water partition coefficient (Wildman–Crippen LogP) is 2.11. The smallest absolute Gasteiger partial charge is 0.328 e. The Kier molecular flexibility index (Phi) is 7.22. The standard InChI is InChI=1S/C11H12ClFN2O.C4H4O4/c1-16-9-6-15(5-4-14)8-3-2-7(13)11(12)10(8)9;5-3(6)1-2-4(7)8/h2-3,6H,4-5,14H2,1H3;1-2H,(H,5,6)(H,7,8)/b;2-1+. The number of nitrogens with zero attached hydrogens (tertiary/aromatic N) is 1. The maximum absolute atomic E-state index is 13.3. The third-order valence-corrected chi connectivity index (χ3v) is 3.23. The Morgan fingerprint density at radius 1 is 1.33 bits per heavy atom. The first-order chi connectivity index (χ1) is 11.3. The molecule has 0 aliphatic carbocycles. The van der Waals surface area contributed by atoms with Gasteiger partial charge in [-0.25, -0.2) is 14.0 Å². The molecule has 4 N–H and O–H groups in total. The Morgan fingerprint density at radius 2 is 1.92 bits per heavy atom. The molecule has 0 amide bonds. The Hall–Kier alpha value is -2.58. The second-order valence-electron chi connectivity index (χ2n) is 4.44. The van der Waals surface area contributed by atoms with Crippen molar-refractivity contribution >= 4 is 34.4 Å². The van der Waals surface area contributed by atoms with Gasteiger partial charge in [0.1, 0.15) is 11.6 Å². The number of hydrogen-bond acceptors (Lipinski definition) is 4. The monoisotopic (exact) mass is 358 g/mol. The van der Waals surface area contributed by atoms with Crippen molar-refractivity contribution < 1.29 is 28.9 Å². The van der Waals surface area contributed by atoms with Crippen LogP contribution in [0.15, 0.2) is 30.5 Å². The fourth-order valence-corrected chi connectivity index (χ4v) is 2.16. The van der Waals surface area contributed by atoms with E-state index in [1.54, 1.807) is 12.3 Å². The SMILES string of the molecule is COc1cn(CCN)c2ccc(F)c(Cl)c12.O=C(O)/C=C/C(=O)O. The predicted molar refractivity (Wildman–Crippen MR) is 86.9 cm³/mol. The number of ether oxygens (including phenoxy) is 1. The van der Waals surface area contributed by atoms with Crippen LogP contribution in [0, 0.1) is 5.82 Å². The summed E-state index contributed by atoms with van der Waals surface area (Å²) in [6.45, 7) is 1.14. The van der Waals surface area contributed by atoms with Crippen molar-refractivity contribution in [2.45, 2.75) is 6.54 Å². The van der Waals surface area contributed by atoms with Gasteiger partial charge in [-0.05, 0) is 12.1 Å². The first-order valence-corrected chi connectivity index (χ1v) is 7.04. The van der Waals surface area contributed by atoms with Crippen molar-refractivity contribution in [3.8, 4) is 5.75 Å². The second-order valence-corrected chi connectivity index (χ2v) is 4.82. The van der Waals surface area contributed by atoms with Gasteiger partial charge in [-0.1, -0.05) is 11.6 Å². The fourth-order valence-electron chi connectivity index (χ4n) is 1.91.